The van der Waals surface area contributed by atoms with Gasteiger partial charge in [0.25, 0.3) is 21.5 Å². The van der Waals surface area contributed by atoms with Crippen molar-refractivity contribution in [1.82, 2.24) is 14.7 Å². The Kier molecular flexibility index (Phi) is 7.35. The van der Waals surface area contributed by atoms with Crippen LogP contribution < -0.4 is 15.2 Å². The van der Waals surface area contributed by atoms with E-state index in [4.69, 9.17) is 0 Å². The van der Waals surface area contributed by atoms with Gasteiger partial charge in [-0.3, -0.25) is 18.6 Å². The van der Waals surface area contributed by atoms with Crippen LogP contribution in [0.1, 0.15) is 43.2 Å². The summed E-state index contributed by atoms with van der Waals surface area (Å²) in [6.07, 6.45) is 0.769. The van der Waals surface area contributed by atoms with E-state index in [9.17, 15) is 18.0 Å². The Bertz CT molecular complexity index is 1340. The monoisotopic (exact) mass is 484 g/mol. The Balaban J connectivity index is 2.00. The quantitative estimate of drug-likeness (QED) is 0.530. The largest absolute Gasteiger partial charge is 0.349 e. The van der Waals surface area contributed by atoms with E-state index in [0.717, 1.165) is 10.7 Å². The van der Waals surface area contributed by atoms with Crippen LogP contribution in [0.15, 0.2) is 64.3 Å². The third kappa shape index (κ3) is 4.65. The van der Waals surface area contributed by atoms with Gasteiger partial charge in [0.05, 0.1) is 16.3 Å². The first-order valence-corrected chi connectivity index (χ1v) is 12.7. The third-order valence-corrected chi connectivity index (χ3v) is 7.91. The fraction of sp³-hybridized carbons (Fsp3) is 0.360. The molecule has 0 radical (unpaired) electrons. The van der Waals surface area contributed by atoms with Crippen LogP contribution in [-0.2, 0) is 17.1 Å². The number of anilines is 1. The van der Waals surface area contributed by atoms with E-state index >= 15 is 0 Å². The molecular formula is C25H32N4O4S. The molecule has 3 rings (SSSR count). The lowest BCUT2D eigenvalue weighted by atomic mass is 10.0. The number of nitrogens with one attached hydrogen (secondary N) is 1. The number of rotatable bonds is 8. The highest BCUT2D eigenvalue weighted by Crippen LogP contribution is 2.24. The van der Waals surface area contributed by atoms with Gasteiger partial charge < -0.3 is 5.32 Å². The number of carbonyl (C=O) groups excluding carboxylic acids is 1. The van der Waals surface area contributed by atoms with Crippen molar-refractivity contribution < 1.29 is 13.2 Å². The van der Waals surface area contributed by atoms with Crippen molar-refractivity contribution in [2.45, 2.75) is 45.1 Å². The van der Waals surface area contributed by atoms with E-state index in [1.54, 1.807) is 36.9 Å². The highest BCUT2D eigenvalue weighted by molar-refractivity contribution is 7.92. The molecule has 0 aliphatic heterocycles. The van der Waals surface area contributed by atoms with Crippen LogP contribution in [0.5, 0.6) is 0 Å². The Labute approximate surface area is 200 Å². The standard InChI is InChI=1S/C25H32N4O4S/c1-7-22(17(2)3)26-24(30)19-12-11-15-21(16-19)34(32,33)28(6)23-18(4)27(5)29(25(23)31)20-13-9-8-10-14-20/h8-17,22H,7H2,1-6H3,(H,26,30). The van der Waals surface area contributed by atoms with E-state index in [0.29, 0.717) is 11.4 Å². The average molecular weight is 485 g/mol. The summed E-state index contributed by atoms with van der Waals surface area (Å²) >= 11 is 0. The minimum absolute atomic E-state index is 0.0149. The fourth-order valence-corrected chi connectivity index (χ4v) is 5.28. The second-order valence-corrected chi connectivity index (χ2v) is 10.6. The lowest BCUT2D eigenvalue weighted by Crippen LogP contribution is -2.38. The van der Waals surface area contributed by atoms with Gasteiger partial charge in [-0.15, -0.1) is 0 Å². The van der Waals surface area contributed by atoms with E-state index in [-0.39, 0.29) is 34.0 Å². The summed E-state index contributed by atoms with van der Waals surface area (Å²) in [7, 11) is -1.04. The summed E-state index contributed by atoms with van der Waals surface area (Å²) < 4.78 is 31.0. The maximum absolute atomic E-state index is 13.5. The lowest BCUT2D eigenvalue weighted by Gasteiger charge is -2.21. The van der Waals surface area contributed by atoms with Crippen molar-refractivity contribution in [3.05, 3.63) is 76.2 Å². The van der Waals surface area contributed by atoms with Crippen molar-refractivity contribution in [2.24, 2.45) is 13.0 Å². The zero-order chi connectivity index (χ0) is 25.2. The van der Waals surface area contributed by atoms with Gasteiger partial charge in [-0.2, -0.15) is 0 Å². The van der Waals surface area contributed by atoms with Gasteiger partial charge in [0.1, 0.15) is 5.69 Å². The summed E-state index contributed by atoms with van der Waals surface area (Å²) in [6.45, 7) is 7.73. The fourth-order valence-electron chi connectivity index (χ4n) is 3.98. The number of carbonyl (C=O) groups is 1. The van der Waals surface area contributed by atoms with Gasteiger partial charge in [-0.05, 0) is 49.6 Å². The molecule has 1 heterocycles. The highest BCUT2D eigenvalue weighted by atomic mass is 32.2. The first-order valence-electron chi connectivity index (χ1n) is 11.2. The molecule has 34 heavy (non-hydrogen) atoms. The first-order chi connectivity index (χ1) is 16.0. The van der Waals surface area contributed by atoms with Gasteiger partial charge in [0.2, 0.25) is 0 Å². The molecule has 0 saturated heterocycles. The van der Waals surface area contributed by atoms with Gasteiger partial charge in [-0.1, -0.05) is 45.0 Å². The molecule has 1 amide bonds. The topological polar surface area (TPSA) is 93.4 Å². The van der Waals surface area contributed by atoms with Crippen LogP contribution in [0.3, 0.4) is 0 Å². The average Bonchev–Trinajstić information content (AvgIpc) is 3.04. The number of nitrogens with zero attached hydrogens (tertiary/aromatic N) is 3. The van der Waals surface area contributed by atoms with Crippen molar-refractivity contribution in [2.75, 3.05) is 11.4 Å². The van der Waals surface area contributed by atoms with Crippen LogP contribution >= 0.6 is 0 Å². The van der Waals surface area contributed by atoms with Crippen molar-refractivity contribution in [1.29, 1.82) is 0 Å². The summed E-state index contributed by atoms with van der Waals surface area (Å²) in [4.78, 5) is 26.0. The van der Waals surface area contributed by atoms with Crippen LogP contribution in [0.2, 0.25) is 0 Å². The minimum Gasteiger partial charge on any atom is -0.349 e. The molecule has 2 aromatic carbocycles. The van der Waals surface area contributed by atoms with Gasteiger partial charge in [0.15, 0.2) is 0 Å². The molecule has 0 bridgehead atoms. The maximum atomic E-state index is 13.5. The van der Waals surface area contributed by atoms with E-state index in [1.807, 2.05) is 39.0 Å². The summed E-state index contributed by atoms with van der Waals surface area (Å²) in [6, 6.07) is 14.9. The first kappa shape index (κ1) is 25.3. The molecule has 1 unspecified atom stereocenters. The van der Waals surface area contributed by atoms with E-state index in [1.165, 1.54) is 29.9 Å². The molecule has 1 N–H and O–H groups in total. The lowest BCUT2D eigenvalue weighted by molar-refractivity contribution is 0.0924. The van der Waals surface area contributed by atoms with Crippen LogP contribution in [0.4, 0.5) is 5.69 Å². The Morgan fingerprint density at radius 1 is 1.09 bits per heavy atom. The second-order valence-electron chi connectivity index (χ2n) is 8.64. The molecule has 3 aromatic rings. The molecule has 9 heteroatoms. The normalized spacial score (nSPS) is 12.6. The van der Waals surface area contributed by atoms with Gasteiger partial charge >= 0.3 is 0 Å². The Morgan fingerprint density at radius 3 is 2.32 bits per heavy atom. The number of hydrogen-bond donors (Lipinski definition) is 1. The highest BCUT2D eigenvalue weighted by Gasteiger charge is 2.29. The third-order valence-electron chi connectivity index (χ3n) is 6.15. The SMILES string of the molecule is CCC(NC(=O)c1cccc(S(=O)(=O)N(C)c2c(C)n(C)n(-c3ccccc3)c2=O)c1)C(C)C. The summed E-state index contributed by atoms with van der Waals surface area (Å²) in [5.74, 6) is -0.0811. The number of aromatic nitrogens is 2. The van der Waals surface area contributed by atoms with Gasteiger partial charge in [0, 0.05) is 25.7 Å². The number of para-hydroxylation sites is 1. The minimum atomic E-state index is -4.10. The Hall–Kier alpha value is -3.33. The van der Waals surface area contributed by atoms with Crippen molar-refractivity contribution in [3.63, 3.8) is 0 Å². The molecule has 1 atom stereocenters. The second kappa shape index (κ2) is 9.89. The van der Waals surface area contributed by atoms with Crippen molar-refractivity contribution >= 4 is 21.6 Å². The van der Waals surface area contributed by atoms with Crippen LogP contribution in [0.25, 0.3) is 5.69 Å². The molecule has 0 spiro atoms. The Morgan fingerprint density at radius 2 is 1.74 bits per heavy atom. The molecule has 8 nitrogen and oxygen atoms in total. The molecule has 0 saturated carbocycles. The zero-order valence-corrected chi connectivity index (χ0v) is 21.3. The number of benzene rings is 2. The summed E-state index contributed by atoms with van der Waals surface area (Å²) in [5.41, 5.74) is 0.974. The molecule has 1 aromatic heterocycles. The molecule has 182 valence electrons. The predicted molar refractivity (Wildman–Crippen MR) is 134 cm³/mol. The molecule has 0 aliphatic carbocycles. The van der Waals surface area contributed by atoms with Crippen molar-refractivity contribution in [3.8, 4) is 5.69 Å². The summed E-state index contributed by atoms with van der Waals surface area (Å²) in [5, 5.41) is 2.97. The number of sulfonamides is 1. The van der Waals surface area contributed by atoms with E-state index in [2.05, 4.69) is 5.32 Å². The predicted octanol–water partition coefficient (Wildman–Crippen LogP) is 3.47. The maximum Gasteiger partial charge on any atom is 0.296 e. The smallest absolute Gasteiger partial charge is 0.296 e. The van der Waals surface area contributed by atoms with Gasteiger partial charge in [-0.25, -0.2) is 13.1 Å². The molecule has 0 aliphatic rings. The number of hydrogen-bond acceptors (Lipinski definition) is 4. The van der Waals surface area contributed by atoms with E-state index < -0.39 is 15.6 Å². The zero-order valence-electron chi connectivity index (χ0n) is 20.4. The number of amides is 1. The molecule has 0 fully saturated rings. The van der Waals surface area contributed by atoms with Crippen LogP contribution in [0, 0.1) is 12.8 Å². The van der Waals surface area contributed by atoms with Crippen LogP contribution in [-0.4, -0.2) is 36.8 Å². The molecular weight excluding hydrogens is 452 g/mol.